The van der Waals surface area contributed by atoms with Crippen molar-refractivity contribution in [3.63, 3.8) is 0 Å². The first-order valence-electron chi connectivity index (χ1n) is 6.79. The van der Waals surface area contributed by atoms with Crippen molar-refractivity contribution in [1.29, 1.82) is 0 Å². The van der Waals surface area contributed by atoms with Crippen LogP contribution in [0.1, 0.15) is 10.4 Å². The fourth-order valence-electron chi connectivity index (χ4n) is 2.12. The minimum absolute atomic E-state index is 0.00367. The number of pyridine rings is 1. The maximum atomic E-state index is 12.4. The largest absolute Gasteiger partial charge is 0.273 e. The fraction of sp³-hybridized carbons (Fsp3) is 0. The zero-order chi connectivity index (χ0) is 16.3. The van der Waals surface area contributed by atoms with E-state index in [1.54, 1.807) is 54.6 Å². The Morgan fingerprint density at radius 3 is 2.43 bits per heavy atom. The highest BCUT2D eigenvalue weighted by Gasteiger charge is 2.19. The van der Waals surface area contributed by atoms with Crippen LogP contribution in [-0.2, 0) is 10.0 Å². The quantitative estimate of drug-likeness (QED) is 0.716. The normalized spacial score (nSPS) is 11.3. The molecule has 7 heteroatoms. The Hall–Kier alpha value is -2.77. The molecule has 0 saturated heterocycles. The first kappa shape index (κ1) is 15.1. The average molecular weight is 327 g/mol. The molecule has 0 fully saturated rings. The number of hydrogen-bond donors (Lipinski definition) is 2. The molecule has 116 valence electrons. The van der Waals surface area contributed by atoms with Crippen LogP contribution in [-0.4, -0.2) is 19.3 Å². The molecule has 3 rings (SSSR count). The summed E-state index contributed by atoms with van der Waals surface area (Å²) >= 11 is 0. The van der Waals surface area contributed by atoms with Crippen molar-refractivity contribution in [2.24, 2.45) is 0 Å². The molecule has 0 saturated carbocycles. The number of nitrogens with one attached hydrogen (secondary N) is 2. The topological polar surface area (TPSA) is 88.2 Å². The van der Waals surface area contributed by atoms with Gasteiger partial charge in [0.15, 0.2) is 0 Å². The van der Waals surface area contributed by atoms with Crippen LogP contribution in [0.2, 0.25) is 0 Å². The summed E-state index contributed by atoms with van der Waals surface area (Å²) in [6.45, 7) is 0. The molecule has 1 aromatic heterocycles. The van der Waals surface area contributed by atoms with Gasteiger partial charge in [0.1, 0.15) is 4.90 Å². The van der Waals surface area contributed by atoms with Crippen LogP contribution in [0.4, 0.5) is 0 Å². The van der Waals surface area contributed by atoms with E-state index in [0.717, 1.165) is 0 Å². The first-order valence-corrected chi connectivity index (χ1v) is 8.27. The molecular weight excluding hydrogens is 314 g/mol. The molecule has 2 N–H and O–H groups in total. The third-order valence-corrected chi connectivity index (χ3v) is 4.50. The Balaban J connectivity index is 1.86. The second-order valence-corrected chi connectivity index (χ2v) is 6.41. The maximum Gasteiger partial charge on any atom is 0.266 e. The van der Waals surface area contributed by atoms with Crippen LogP contribution in [0, 0.1) is 0 Å². The molecule has 0 bridgehead atoms. The molecule has 0 aliphatic carbocycles. The number of rotatable bonds is 4. The number of hydrazine groups is 1. The van der Waals surface area contributed by atoms with E-state index in [1.807, 2.05) is 0 Å². The van der Waals surface area contributed by atoms with Gasteiger partial charge < -0.3 is 0 Å². The number of nitrogens with zero attached hydrogens (tertiary/aromatic N) is 1. The van der Waals surface area contributed by atoms with E-state index < -0.39 is 15.9 Å². The van der Waals surface area contributed by atoms with Crippen molar-refractivity contribution in [3.8, 4) is 0 Å². The van der Waals surface area contributed by atoms with Gasteiger partial charge >= 0.3 is 0 Å². The van der Waals surface area contributed by atoms with Gasteiger partial charge in [-0.2, -0.15) is 0 Å². The van der Waals surface area contributed by atoms with Gasteiger partial charge in [0, 0.05) is 17.1 Å². The molecule has 23 heavy (non-hydrogen) atoms. The van der Waals surface area contributed by atoms with Crippen LogP contribution in [0.3, 0.4) is 0 Å². The number of sulfonamides is 1. The van der Waals surface area contributed by atoms with Crippen molar-refractivity contribution < 1.29 is 13.2 Å². The number of carbonyl (C=O) groups is 1. The summed E-state index contributed by atoms with van der Waals surface area (Å²) in [6.07, 6.45) is 1.52. The number of fused-ring (bicyclic) bond motifs is 1. The summed E-state index contributed by atoms with van der Waals surface area (Å²) in [5.41, 5.74) is 2.89. The van der Waals surface area contributed by atoms with Crippen LogP contribution < -0.4 is 10.3 Å². The predicted octanol–water partition coefficient (Wildman–Crippen LogP) is 1.86. The minimum atomic E-state index is -3.93. The SMILES string of the molecule is O=C(NNS(=O)(=O)c1cccc2cccnc12)c1ccccc1. The Bertz CT molecular complexity index is 951. The first-order chi connectivity index (χ1) is 11.1. The third kappa shape index (κ3) is 3.20. The van der Waals surface area contributed by atoms with Crippen molar-refractivity contribution in [3.05, 3.63) is 72.4 Å². The summed E-state index contributed by atoms with van der Waals surface area (Å²) < 4.78 is 24.8. The van der Waals surface area contributed by atoms with Gasteiger partial charge in [0.2, 0.25) is 0 Å². The van der Waals surface area contributed by atoms with Gasteiger partial charge in [-0.3, -0.25) is 15.2 Å². The molecule has 0 atom stereocenters. The van der Waals surface area contributed by atoms with Crippen molar-refractivity contribution in [2.45, 2.75) is 4.90 Å². The number of para-hydroxylation sites is 1. The second kappa shape index (κ2) is 6.15. The minimum Gasteiger partial charge on any atom is -0.273 e. The fourth-order valence-corrected chi connectivity index (χ4v) is 3.14. The lowest BCUT2D eigenvalue weighted by molar-refractivity contribution is 0.0945. The maximum absolute atomic E-state index is 12.4. The predicted molar refractivity (Wildman–Crippen MR) is 86.0 cm³/mol. The zero-order valence-electron chi connectivity index (χ0n) is 11.9. The van der Waals surface area contributed by atoms with E-state index in [9.17, 15) is 13.2 Å². The number of hydrogen-bond acceptors (Lipinski definition) is 4. The van der Waals surface area contributed by atoms with Gasteiger partial charge in [-0.25, -0.2) is 8.42 Å². The van der Waals surface area contributed by atoms with Gasteiger partial charge in [0.25, 0.3) is 15.9 Å². The Morgan fingerprint density at radius 1 is 0.913 bits per heavy atom. The Kier molecular flexibility index (Phi) is 4.05. The molecule has 0 aliphatic rings. The van der Waals surface area contributed by atoms with Gasteiger partial charge in [0.05, 0.1) is 5.52 Å². The lowest BCUT2D eigenvalue weighted by atomic mass is 10.2. The van der Waals surface area contributed by atoms with E-state index >= 15 is 0 Å². The smallest absolute Gasteiger partial charge is 0.266 e. The summed E-state index contributed by atoms with van der Waals surface area (Å²) in [5.74, 6) is -0.539. The van der Waals surface area contributed by atoms with Crippen LogP contribution >= 0.6 is 0 Å². The van der Waals surface area contributed by atoms with E-state index in [0.29, 0.717) is 16.5 Å². The van der Waals surface area contributed by atoms with Crippen LogP contribution in [0.25, 0.3) is 10.9 Å². The number of aromatic nitrogens is 1. The van der Waals surface area contributed by atoms with Crippen molar-refractivity contribution in [1.82, 2.24) is 15.2 Å². The summed E-state index contributed by atoms with van der Waals surface area (Å²) in [6, 6.07) is 16.6. The highest BCUT2D eigenvalue weighted by molar-refractivity contribution is 7.89. The summed E-state index contributed by atoms with van der Waals surface area (Å²) in [5, 5.41) is 0.699. The van der Waals surface area contributed by atoms with Gasteiger partial charge in [-0.1, -0.05) is 36.4 Å². The molecule has 2 aromatic carbocycles. The highest BCUT2D eigenvalue weighted by Crippen LogP contribution is 2.19. The zero-order valence-corrected chi connectivity index (χ0v) is 12.7. The van der Waals surface area contributed by atoms with Gasteiger partial charge in [-0.05, 0) is 24.3 Å². The standard InChI is InChI=1S/C16H13N3O3S/c20-16(13-6-2-1-3-7-13)18-19-23(21,22)14-10-4-8-12-9-5-11-17-15(12)14/h1-11,19H,(H,18,20). The molecule has 6 nitrogen and oxygen atoms in total. The number of amides is 1. The van der Waals surface area contributed by atoms with E-state index in [-0.39, 0.29) is 4.90 Å². The monoisotopic (exact) mass is 327 g/mol. The summed E-state index contributed by atoms with van der Waals surface area (Å²) in [4.78, 5) is 18.1. The molecule has 3 aromatic rings. The van der Waals surface area contributed by atoms with Crippen molar-refractivity contribution >= 4 is 26.8 Å². The summed E-state index contributed by atoms with van der Waals surface area (Å²) in [7, 11) is -3.93. The second-order valence-electron chi connectivity index (χ2n) is 4.76. The highest BCUT2D eigenvalue weighted by atomic mass is 32.2. The Labute approximate surface area is 133 Å². The van der Waals surface area contributed by atoms with E-state index in [1.165, 1.54) is 12.3 Å². The van der Waals surface area contributed by atoms with E-state index in [4.69, 9.17) is 0 Å². The van der Waals surface area contributed by atoms with Crippen molar-refractivity contribution in [2.75, 3.05) is 0 Å². The molecule has 0 radical (unpaired) electrons. The molecule has 0 aliphatic heterocycles. The van der Waals surface area contributed by atoms with Crippen LogP contribution in [0.15, 0.2) is 71.8 Å². The molecular formula is C16H13N3O3S. The number of carbonyl (C=O) groups excluding carboxylic acids is 1. The molecule has 0 unspecified atom stereocenters. The van der Waals surface area contributed by atoms with E-state index in [2.05, 4.69) is 15.2 Å². The Morgan fingerprint density at radius 2 is 1.65 bits per heavy atom. The van der Waals surface area contributed by atoms with Gasteiger partial charge in [-0.15, -0.1) is 4.83 Å². The van der Waals surface area contributed by atoms with Crippen LogP contribution in [0.5, 0.6) is 0 Å². The number of benzene rings is 2. The third-order valence-electron chi connectivity index (χ3n) is 3.22. The molecule has 1 amide bonds. The lowest BCUT2D eigenvalue weighted by Gasteiger charge is -2.10. The average Bonchev–Trinajstić information content (AvgIpc) is 2.60. The molecule has 1 heterocycles. The molecule has 0 spiro atoms. The lowest BCUT2D eigenvalue weighted by Crippen LogP contribution is -2.41.